The van der Waals surface area contributed by atoms with Crippen LogP contribution < -0.4 is 9.64 Å². The van der Waals surface area contributed by atoms with Gasteiger partial charge in [0.25, 0.3) is 0 Å². The van der Waals surface area contributed by atoms with Gasteiger partial charge in [-0.1, -0.05) is 29.0 Å². The lowest BCUT2D eigenvalue weighted by Crippen LogP contribution is -2.34. The first-order valence-electron chi connectivity index (χ1n) is 10.1. The Hall–Kier alpha value is -2.20. The summed E-state index contributed by atoms with van der Waals surface area (Å²) in [5.41, 5.74) is 0.644. The molecule has 0 N–H and O–H groups in total. The molecule has 7 nitrogen and oxygen atoms in total. The summed E-state index contributed by atoms with van der Waals surface area (Å²) in [5.74, 6) is 0.00572. The van der Waals surface area contributed by atoms with E-state index in [2.05, 4.69) is 4.98 Å². The van der Waals surface area contributed by atoms with Crippen LogP contribution in [0.3, 0.4) is 0 Å². The third-order valence-corrected chi connectivity index (χ3v) is 7.96. The first-order chi connectivity index (χ1) is 15.2. The van der Waals surface area contributed by atoms with Crippen molar-refractivity contribution in [2.24, 2.45) is 0 Å². The van der Waals surface area contributed by atoms with Gasteiger partial charge in [-0.15, -0.1) is 0 Å². The fourth-order valence-corrected chi connectivity index (χ4v) is 5.69. The number of methoxy groups -OCH3 is 1. The zero-order valence-corrected chi connectivity index (χ0v) is 20.6. The summed E-state index contributed by atoms with van der Waals surface area (Å²) in [4.78, 5) is 21.5. The number of ether oxygens (including phenoxy) is 1. The Morgan fingerprint density at radius 1 is 1.12 bits per heavy atom. The second kappa shape index (κ2) is 10.6. The molecule has 0 saturated heterocycles. The molecular formula is C22H26ClN3O4S2. The second-order valence-electron chi connectivity index (χ2n) is 7.53. The summed E-state index contributed by atoms with van der Waals surface area (Å²) in [6.45, 7) is 1.23. The number of anilines is 1. The minimum absolute atomic E-state index is 0.139. The topological polar surface area (TPSA) is 79.8 Å². The van der Waals surface area contributed by atoms with Crippen LogP contribution in [0.4, 0.5) is 5.13 Å². The van der Waals surface area contributed by atoms with Crippen molar-refractivity contribution in [3.8, 4) is 5.75 Å². The third kappa shape index (κ3) is 5.98. The number of carbonyl (C=O) groups is 1. The summed E-state index contributed by atoms with van der Waals surface area (Å²) < 4.78 is 31.4. The van der Waals surface area contributed by atoms with Crippen molar-refractivity contribution in [3.63, 3.8) is 0 Å². The number of halogens is 1. The van der Waals surface area contributed by atoms with E-state index in [-0.39, 0.29) is 23.0 Å². The summed E-state index contributed by atoms with van der Waals surface area (Å²) in [5, 5.41) is 1.05. The first kappa shape index (κ1) is 24.4. The molecule has 0 unspecified atom stereocenters. The molecular weight excluding hydrogens is 470 g/mol. The maximum Gasteiger partial charge on any atom is 0.229 e. The standard InChI is InChI=1S/C22H26ClN3O4S2/c1-25(2)13-5-14-26(22-24-21-18(23)6-4-7-19(21)31-22)20(27)12-15-32(28,29)17-10-8-16(30-3)9-11-17/h4,6-11H,5,12-15H2,1-3H3. The van der Waals surface area contributed by atoms with Crippen LogP contribution >= 0.6 is 22.9 Å². The maximum atomic E-state index is 13.1. The maximum absolute atomic E-state index is 13.1. The number of amides is 1. The molecule has 3 aromatic rings. The predicted molar refractivity (Wildman–Crippen MR) is 130 cm³/mol. The quantitative estimate of drug-likeness (QED) is 0.421. The van der Waals surface area contributed by atoms with Crippen molar-refractivity contribution in [2.75, 3.05) is 44.9 Å². The van der Waals surface area contributed by atoms with Crippen LogP contribution in [0.2, 0.25) is 5.02 Å². The summed E-state index contributed by atoms with van der Waals surface area (Å²) in [6, 6.07) is 11.7. The van der Waals surface area contributed by atoms with E-state index in [4.69, 9.17) is 16.3 Å². The number of aromatic nitrogens is 1. The van der Waals surface area contributed by atoms with Crippen LogP contribution in [-0.2, 0) is 14.6 Å². The average molecular weight is 496 g/mol. The Labute approximate surface area is 197 Å². The summed E-state index contributed by atoms with van der Waals surface area (Å²) >= 11 is 7.63. The number of fused-ring (bicyclic) bond motifs is 1. The van der Waals surface area contributed by atoms with E-state index in [0.29, 0.717) is 28.0 Å². The SMILES string of the molecule is COc1ccc(S(=O)(=O)CCC(=O)N(CCCN(C)C)c2nc3c(Cl)cccc3s2)cc1. The first-order valence-corrected chi connectivity index (χ1v) is 12.9. The van der Waals surface area contributed by atoms with Gasteiger partial charge in [0.15, 0.2) is 15.0 Å². The Morgan fingerprint density at radius 3 is 2.47 bits per heavy atom. The van der Waals surface area contributed by atoms with E-state index in [0.717, 1.165) is 17.7 Å². The molecule has 0 aliphatic rings. The van der Waals surface area contributed by atoms with Gasteiger partial charge in [-0.3, -0.25) is 9.69 Å². The molecule has 0 radical (unpaired) electrons. The molecule has 32 heavy (non-hydrogen) atoms. The number of carbonyl (C=O) groups excluding carboxylic acids is 1. The smallest absolute Gasteiger partial charge is 0.229 e. The van der Waals surface area contributed by atoms with Gasteiger partial charge in [-0.05, 0) is 63.5 Å². The normalized spacial score (nSPS) is 11.8. The number of rotatable bonds is 10. The predicted octanol–water partition coefficient (Wildman–Crippen LogP) is 4.11. The van der Waals surface area contributed by atoms with Crippen LogP contribution in [0, 0.1) is 0 Å². The molecule has 0 saturated carbocycles. The monoisotopic (exact) mass is 495 g/mol. The molecule has 1 heterocycles. The molecule has 2 aromatic carbocycles. The third-order valence-electron chi connectivity index (χ3n) is 4.88. The molecule has 0 spiro atoms. The van der Waals surface area contributed by atoms with Crippen LogP contribution in [0.5, 0.6) is 5.75 Å². The number of thiazole rings is 1. The number of sulfone groups is 1. The molecule has 0 bridgehead atoms. The molecule has 3 rings (SSSR count). The molecule has 1 amide bonds. The van der Waals surface area contributed by atoms with Crippen molar-refractivity contribution in [2.45, 2.75) is 17.7 Å². The number of hydrogen-bond acceptors (Lipinski definition) is 7. The summed E-state index contributed by atoms with van der Waals surface area (Å²) in [7, 11) is 1.83. The molecule has 0 aliphatic heterocycles. The van der Waals surface area contributed by atoms with Crippen LogP contribution in [0.1, 0.15) is 12.8 Å². The van der Waals surface area contributed by atoms with Gasteiger partial charge in [0.1, 0.15) is 11.3 Å². The zero-order valence-electron chi connectivity index (χ0n) is 18.2. The highest BCUT2D eigenvalue weighted by Gasteiger charge is 2.23. The van der Waals surface area contributed by atoms with E-state index in [1.807, 2.05) is 31.1 Å². The lowest BCUT2D eigenvalue weighted by Gasteiger charge is -2.21. The lowest BCUT2D eigenvalue weighted by atomic mass is 10.3. The minimum atomic E-state index is -3.61. The Morgan fingerprint density at radius 2 is 1.84 bits per heavy atom. The largest absolute Gasteiger partial charge is 0.497 e. The molecule has 172 valence electrons. The van der Waals surface area contributed by atoms with Crippen LogP contribution in [0.25, 0.3) is 10.2 Å². The van der Waals surface area contributed by atoms with E-state index in [9.17, 15) is 13.2 Å². The van der Waals surface area contributed by atoms with E-state index < -0.39 is 9.84 Å². The molecule has 0 aliphatic carbocycles. The van der Waals surface area contributed by atoms with Gasteiger partial charge in [0.05, 0.1) is 27.5 Å². The highest BCUT2D eigenvalue weighted by molar-refractivity contribution is 7.91. The van der Waals surface area contributed by atoms with Crippen LogP contribution in [0.15, 0.2) is 47.4 Å². The van der Waals surface area contributed by atoms with Gasteiger partial charge in [-0.25, -0.2) is 13.4 Å². The minimum Gasteiger partial charge on any atom is -0.497 e. The van der Waals surface area contributed by atoms with Gasteiger partial charge < -0.3 is 9.64 Å². The molecule has 10 heteroatoms. The van der Waals surface area contributed by atoms with E-state index in [1.54, 1.807) is 23.1 Å². The Bertz CT molecular complexity index is 1180. The van der Waals surface area contributed by atoms with Gasteiger partial charge in [-0.2, -0.15) is 0 Å². The number of benzene rings is 2. The van der Waals surface area contributed by atoms with Crippen LogP contribution in [-0.4, -0.2) is 64.3 Å². The van der Waals surface area contributed by atoms with Crippen molar-refractivity contribution in [1.82, 2.24) is 9.88 Å². The van der Waals surface area contributed by atoms with Gasteiger partial charge in [0.2, 0.25) is 5.91 Å². The molecule has 0 fully saturated rings. The van der Waals surface area contributed by atoms with E-state index >= 15 is 0 Å². The highest BCUT2D eigenvalue weighted by atomic mass is 35.5. The lowest BCUT2D eigenvalue weighted by molar-refractivity contribution is -0.118. The highest BCUT2D eigenvalue weighted by Crippen LogP contribution is 2.33. The van der Waals surface area contributed by atoms with Gasteiger partial charge in [0, 0.05) is 13.0 Å². The number of hydrogen-bond donors (Lipinski definition) is 0. The molecule has 0 atom stereocenters. The number of nitrogens with zero attached hydrogens (tertiary/aromatic N) is 3. The average Bonchev–Trinajstić information content (AvgIpc) is 3.20. The van der Waals surface area contributed by atoms with Gasteiger partial charge >= 0.3 is 0 Å². The van der Waals surface area contributed by atoms with E-state index in [1.165, 1.54) is 30.6 Å². The molecule has 1 aromatic heterocycles. The van der Waals surface area contributed by atoms with Crippen molar-refractivity contribution < 1.29 is 17.9 Å². The summed E-state index contributed by atoms with van der Waals surface area (Å²) in [6.07, 6.45) is 0.591. The second-order valence-corrected chi connectivity index (χ2v) is 11.1. The Balaban J connectivity index is 1.78. The fourth-order valence-electron chi connectivity index (χ4n) is 3.15. The van der Waals surface area contributed by atoms with Crippen molar-refractivity contribution >= 4 is 54.0 Å². The zero-order chi connectivity index (χ0) is 23.3. The van der Waals surface area contributed by atoms with Crippen molar-refractivity contribution in [3.05, 3.63) is 47.5 Å². The van der Waals surface area contributed by atoms with Crippen molar-refractivity contribution in [1.29, 1.82) is 0 Å². The fraction of sp³-hybridized carbons (Fsp3) is 0.364. The Kier molecular flexibility index (Phi) is 8.10. The number of para-hydroxylation sites is 1.